The predicted molar refractivity (Wildman–Crippen MR) is 67.3 cm³/mol. The molecule has 0 spiro atoms. The van der Waals surface area contributed by atoms with Crippen LogP contribution in [0.25, 0.3) is 0 Å². The fraction of sp³-hybridized carbons (Fsp3) is 0.846. The second-order valence-corrected chi connectivity index (χ2v) is 5.05. The molecule has 0 radical (unpaired) electrons. The Morgan fingerprint density at radius 2 is 1.94 bits per heavy atom. The van der Waals surface area contributed by atoms with E-state index in [1.165, 1.54) is 12.0 Å². The third kappa shape index (κ3) is 3.22. The van der Waals surface area contributed by atoms with Crippen LogP contribution in [0, 0.1) is 0 Å². The van der Waals surface area contributed by atoms with Crippen LogP contribution in [0.15, 0.2) is 0 Å². The van der Waals surface area contributed by atoms with Gasteiger partial charge < -0.3 is 14.7 Å². The first-order chi connectivity index (χ1) is 8.44. The standard InChI is InChI=1S/C13H23NO4/c1-4-13(2,18-3)12(17)14(9-11(15)16)10-7-5-6-8-10/h10H,4-9H2,1-3H3,(H,15,16). The highest BCUT2D eigenvalue weighted by atomic mass is 16.5. The second-order valence-electron chi connectivity index (χ2n) is 5.05. The molecule has 1 amide bonds. The van der Waals surface area contributed by atoms with Gasteiger partial charge in [0.15, 0.2) is 0 Å². The second kappa shape index (κ2) is 6.18. The molecule has 0 aromatic rings. The topological polar surface area (TPSA) is 66.8 Å². The first-order valence-electron chi connectivity index (χ1n) is 6.52. The number of carbonyl (C=O) groups is 2. The van der Waals surface area contributed by atoms with Crippen LogP contribution in [0.2, 0.25) is 0 Å². The van der Waals surface area contributed by atoms with Crippen molar-refractivity contribution in [2.24, 2.45) is 0 Å². The van der Waals surface area contributed by atoms with Gasteiger partial charge in [0.05, 0.1) is 0 Å². The fourth-order valence-corrected chi connectivity index (χ4v) is 2.42. The summed E-state index contributed by atoms with van der Waals surface area (Å²) in [6, 6.07) is 0.0506. The molecular formula is C13H23NO4. The lowest BCUT2D eigenvalue weighted by Gasteiger charge is -2.35. The number of carboxylic acids is 1. The van der Waals surface area contributed by atoms with Crippen molar-refractivity contribution in [3.05, 3.63) is 0 Å². The molecule has 0 aliphatic heterocycles. The van der Waals surface area contributed by atoms with Gasteiger partial charge >= 0.3 is 5.97 Å². The molecule has 18 heavy (non-hydrogen) atoms. The van der Waals surface area contributed by atoms with Crippen LogP contribution in [0.5, 0.6) is 0 Å². The monoisotopic (exact) mass is 257 g/mol. The lowest BCUT2D eigenvalue weighted by Crippen LogP contribution is -2.53. The largest absolute Gasteiger partial charge is 0.480 e. The Balaban J connectivity index is 2.87. The summed E-state index contributed by atoms with van der Waals surface area (Å²) in [7, 11) is 1.50. The minimum absolute atomic E-state index is 0.0506. The third-order valence-electron chi connectivity index (χ3n) is 3.91. The molecule has 104 valence electrons. The van der Waals surface area contributed by atoms with Gasteiger partial charge in [-0.25, -0.2) is 0 Å². The summed E-state index contributed by atoms with van der Waals surface area (Å²) in [5, 5.41) is 8.97. The van der Waals surface area contributed by atoms with Gasteiger partial charge in [-0.15, -0.1) is 0 Å². The van der Waals surface area contributed by atoms with E-state index < -0.39 is 11.6 Å². The van der Waals surface area contributed by atoms with E-state index in [9.17, 15) is 9.59 Å². The van der Waals surface area contributed by atoms with Gasteiger partial charge in [-0.2, -0.15) is 0 Å². The maximum absolute atomic E-state index is 12.5. The molecule has 1 unspecified atom stereocenters. The van der Waals surface area contributed by atoms with Crippen molar-refractivity contribution in [2.75, 3.05) is 13.7 Å². The van der Waals surface area contributed by atoms with Gasteiger partial charge in [0.25, 0.3) is 5.91 Å². The number of hydrogen-bond donors (Lipinski definition) is 1. The number of carboxylic acid groups (broad SMARTS) is 1. The van der Waals surface area contributed by atoms with E-state index in [1.54, 1.807) is 6.92 Å². The number of aliphatic carboxylic acids is 1. The molecule has 5 heteroatoms. The van der Waals surface area contributed by atoms with Gasteiger partial charge in [0.2, 0.25) is 0 Å². The van der Waals surface area contributed by atoms with Crippen molar-refractivity contribution in [2.45, 2.75) is 57.6 Å². The summed E-state index contributed by atoms with van der Waals surface area (Å²) in [6.45, 7) is 3.36. The van der Waals surface area contributed by atoms with Crippen LogP contribution in [-0.4, -0.2) is 47.2 Å². The van der Waals surface area contributed by atoms with Crippen LogP contribution in [0.4, 0.5) is 0 Å². The normalized spacial score (nSPS) is 19.5. The minimum atomic E-state index is -0.968. The van der Waals surface area contributed by atoms with Crippen LogP contribution in [0.3, 0.4) is 0 Å². The Morgan fingerprint density at radius 1 is 1.39 bits per heavy atom. The number of methoxy groups -OCH3 is 1. The van der Waals surface area contributed by atoms with Gasteiger partial charge in [-0.3, -0.25) is 9.59 Å². The molecule has 1 aliphatic carbocycles. The van der Waals surface area contributed by atoms with Crippen LogP contribution >= 0.6 is 0 Å². The van der Waals surface area contributed by atoms with Gasteiger partial charge in [-0.05, 0) is 26.2 Å². The number of amides is 1. The van der Waals surface area contributed by atoms with Crippen LogP contribution in [0.1, 0.15) is 46.0 Å². The molecule has 1 atom stereocenters. The zero-order valence-corrected chi connectivity index (χ0v) is 11.4. The Hall–Kier alpha value is -1.10. The minimum Gasteiger partial charge on any atom is -0.480 e. The number of carbonyl (C=O) groups excluding carboxylic acids is 1. The summed E-state index contributed by atoms with van der Waals surface area (Å²) >= 11 is 0. The molecule has 5 nitrogen and oxygen atoms in total. The highest BCUT2D eigenvalue weighted by Crippen LogP contribution is 2.27. The molecular weight excluding hydrogens is 234 g/mol. The van der Waals surface area contributed by atoms with E-state index in [-0.39, 0.29) is 18.5 Å². The fourth-order valence-electron chi connectivity index (χ4n) is 2.42. The molecule has 0 bridgehead atoms. The SMILES string of the molecule is CCC(C)(OC)C(=O)N(CC(=O)O)C1CCCC1. The van der Waals surface area contributed by atoms with Crippen molar-refractivity contribution in [1.82, 2.24) is 4.90 Å². The van der Waals surface area contributed by atoms with E-state index >= 15 is 0 Å². The molecule has 0 aromatic heterocycles. The summed E-state index contributed by atoms with van der Waals surface area (Å²) in [4.78, 5) is 24.9. The summed E-state index contributed by atoms with van der Waals surface area (Å²) in [5.41, 5.74) is -0.919. The highest BCUT2D eigenvalue weighted by molar-refractivity contribution is 5.88. The Morgan fingerprint density at radius 3 is 2.33 bits per heavy atom. The van der Waals surface area contributed by atoms with Crippen molar-refractivity contribution >= 4 is 11.9 Å². The lowest BCUT2D eigenvalue weighted by atomic mass is 9.99. The molecule has 0 heterocycles. The molecule has 1 N–H and O–H groups in total. The van der Waals surface area contributed by atoms with E-state index in [4.69, 9.17) is 9.84 Å². The molecule has 1 fully saturated rings. The number of hydrogen-bond acceptors (Lipinski definition) is 3. The molecule has 0 saturated heterocycles. The van der Waals surface area contributed by atoms with E-state index in [0.29, 0.717) is 6.42 Å². The van der Waals surface area contributed by atoms with Crippen molar-refractivity contribution < 1.29 is 19.4 Å². The number of ether oxygens (including phenoxy) is 1. The first kappa shape index (κ1) is 15.0. The average Bonchev–Trinajstić information content (AvgIpc) is 2.87. The van der Waals surface area contributed by atoms with Crippen molar-refractivity contribution in [3.8, 4) is 0 Å². The van der Waals surface area contributed by atoms with Crippen molar-refractivity contribution in [3.63, 3.8) is 0 Å². The Kier molecular flexibility index (Phi) is 5.14. The van der Waals surface area contributed by atoms with E-state index in [2.05, 4.69) is 0 Å². The van der Waals surface area contributed by atoms with Crippen molar-refractivity contribution in [1.29, 1.82) is 0 Å². The summed E-state index contributed by atoms with van der Waals surface area (Å²) in [5.74, 6) is -1.17. The van der Waals surface area contributed by atoms with E-state index in [0.717, 1.165) is 25.7 Å². The maximum Gasteiger partial charge on any atom is 0.323 e. The van der Waals surface area contributed by atoms with E-state index in [1.807, 2.05) is 6.92 Å². The Labute approximate surface area is 108 Å². The molecule has 1 rings (SSSR count). The summed E-state index contributed by atoms with van der Waals surface area (Å²) < 4.78 is 5.29. The smallest absolute Gasteiger partial charge is 0.323 e. The molecule has 1 aliphatic rings. The zero-order valence-electron chi connectivity index (χ0n) is 11.4. The zero-order chi connectivity index (χ0) is 13.8. The van der Waals surface area contributed by atoms with Crippen LogP contribution < -0.4 is 0 Å². The lowest BCUT2D eigenvalue weighted by molar-refractivity contribution is -0.160. The summed E-state index contributed by atoms with van der Waals surface area (Å²) in [6.07, 6.45) is 4.43. The van der Waals surface area contributed by atoms with Crippen LogP contribution in [-0.2, 0) is 14.3 Å². The Bertz CT molecular complexity index is 306. The highest BCUT2D eigenvalue weighted by Gasteiger charge is 2.39. The maximum atomic E-state index is 12.5. The third-order valence-corrected chi connectivity index (χ3v) is 3.91. The van der Waals surface area contributed by atoms with Gasteiger partial charge in [-0.1, -0.05) is 19.8 Å². The number of nitrogens with zero attached hydrogens (tertiary/aromatic N) is 1. The quantitative estimate of drug-likeness (QED) is 0.785. The predicted octanol–water partition coefficient (Wildman–Crippen LogP) is 1.66. The molecule has 1 saturated carbocycles. The average molecular weight is 257 g/mol. The first-order valence-corrected chi connectivity index (χ1v) is 6.52. The molecule has 0 aromatic carbocycles. The van der Waals surface area contributed by atoms with Gasteiger partial charge in [0, 0.05) is 13.2 Å². The number of rotatable bonds is 6. The van der Waals surface area contributed by atoms with Gasteiger partial charge in [0.1, 0.15) is 12.1 Å².